The predicted molar refractivity (Wildman–Crippen MR) is 133 cm³/mol. The summed E-state index contributed by atoms with van der Waals surface area (Å²) in [7, 11) is 0. The van der Waals surface area contributed by atoms with Gasteiger partial charge in [0.1, 0.15) is 0 Å². The molecule has 0 saturated heterocycles. The van der Waals surface area contributed by atoms with E-state index in [4.69, 9.17) is 0 Å². The molecule has 0 aliphatic rings. The van der Waals surface area contributed by atoms with Crippen LogP contribution in [0.25, 0.3) is 11.1 Å². The summed E-state index contributed by atoms with van der Waals surface area (Å²) in [5, 5.41) is 11.6. The van der Waals surface area contributed by atoms with Crippen LogP contribution in [0.1, 0.15) is 30.0 Å². The second-order valence-electron chi connectivity index (χ2n) is 8.62. The van der Waals surface area contributed by atoms with Gasteiger partial charge in [0.2, 0.25) is 0 Å². The van der Waals surface area contributed by atoms with Crippen LogP contribution in [0.5, 0.6) is 0 Å². The Hall–Kier alpha value is -3.20. The lowest BCUT2D eigenvalue weighted by atomic mass is 9.86. The van der Waals surface area contributed by atoms with Gasteiger partial charge in [0.25, 0.3) is 0 Å². The van der Waals surface area contributed by atoms with E-state index in [-0.39, 0.29) is 0 Å². The lowest BCUT2D eigenvalue weighted by Gasteiger charge is -2.30. The molecule has 1 atom stereocenters. The van der Waals surface area contributed by atoms with Gasteiger partial charge >= 0.3 is 0 Å². The minimum absolute atomic E-state index is 0.649. The molecule has 0 spiro atoms. The normalized spacial score (nSPS) is 13.1. The summed E-state index contributed by atoms with van der Waals surface area (Å²) in [5.74, 6) is 0. The minimum atomic E-state index is -0.932. The highest BCUT2D eigenvalue weighted by Crippen LogP contribution is 2.34. The summed E-state index contributed by atoms with van der Waals surface area (Å²) < 4.78 is 0. The number of aliphatic hydroxyl groups is 1. The molecule has 32 heavy (non-hydrogen) atoms. The highest BCUT2D eigenvalue weighted by Gasteiger charge is 2.27. The van der Waals surface area contributed by atoms with Gasteiger partial charge in [-0.3, -0.25) is 4.90 Å². The monoisotopic (exact) mass is 421 g/mol. The Morgan fingerprint density at radius 1 is 0.625 bits per heavy atom. The van der Waals surface area contributed by atoms with Crippen molar-refractivity contribution in [3.05, 3.63) is 132 Å². The van der Waals surface area contributed by atoms with E-state index in [1.54, 1.807) is 0 Å². The highest BCUT2D eigenvalue weighted by molar-refractivity contribution is 5.68. The van der Waals surface area contributed by atoms with Crippen molar-refractivity contribution in [3.63, 3.8) is 0 Å². The van der Waals surface area contributed by atoms with Crippen LogP contribution in [0, 0.1) is 0 Å². The number of nitrogens with zero attached hydrogens (tertiary/aromatic N) is 1. The van der Waals surface area contributed by atoms with Gasteiger partial charge in [-0.2, -0.15) is 0 Å². The first kappa shape index (κ1) is 22.0. The largest absolute Gasteiger partial charge is 0.385 e. The third-order valence-electron chi connectivity index (χ3n) is 6.00. The SMILES string of the molecule is CC(O)(CCN(Cc1ccccc1)Cc1ccccc1)c1ccccc1-c1ccccc1. The van der Waals surface area contributed by atoms with Crippen molar-refractivity contribution >= 4 is 0 Å². The fourth-order valence-electron chi connectivity index (χ4n) is 4.23. The fourth-order valence-corrected chi connectivity index (χ4v) is 4.23. The zero-order chi connectivity index (χ0) is 22.2. The minimum Gasteiger partial charge on any atom is -0.385 e. The maximum absolute atomic E-state index is 11.6. The molecule has 4 rings (SSSR count). The van der Waals surface area contributed by atoms with Gasteiger partial charge in [-0.1, -0.05) is 115 Å². The molecule has 0 aliphatic carbocycles. The summed E-state index contributed by atoms with van der Waals surface area (Å²) >= 11 is 0. The molecule has 0 aliphatic heterocycles. The summed E-state index contributed by atoms with van der Waals surface area (Å²) in [6.45, 7) is 4.44. The lowest BCUT2D eigenvalue weighted by Crippen LogP contribution is -2.31. The van der Waals surface area contributed by atoms with Crippen LogP contribution in [0.3, 0.4) is 0 Å². The van der Waals surface area contributed by atoms with Crippen molar-refractivity contribution in [1.82, 2.24) is 4.90 Å². The highest BCUT2D eigenvalue weighted by atomic mass is 16.3. The molecule has 4 aromatic carbocycles. The molecule has 0 heterocycles. The Labute approximate surface area is 191 Å². The average molecular weight is 422 g/mol. The van der Waals surface area contributed by atoms with Gasteiger partial charge in [-0.15, -0.1) is 0 Å². The van der Waals surface area contributed by atoms with Crippen molar-refractivity contribution in [2.45, 2.75) is 32.0 Å². The molecule has 0 aromatic heterocycles. The van der Waals surface area contributed by atoms with E-state index >= 15 is 0 Å². The third-order valence-corrected chi connectivity index (χ3v) is 6.00. The van der Waals surface area contributed by atoms with Crippen molar-refractivity contribution in [2.24, 2.45) is 0 Å². The topological polar surface area (TPSA) is 23.5 Å². The molecule has 162 valence electrons. The molecule has 0 amide bonds. The predicted octanol–water partition coefficient (Wildman–Crippen LogP) is 6.65. The van der Waals surface area contributed by atoms with Gasteiger partial charge in [0.15, 0.2) is 0 Å². The molecular formula is C30H31NO. The summed E-state index contributed by atoms with van der Waals surface area (Å²) in [4.78, 5) is 2.42. The van der Waals surface area contributed by atoms with E-state index in [9.17, 15) is 5.11 Å². The molecule has 0 radical (unpaired) electrons. The van der Waals surface area contributed by atoms with Crippen molar-refractivity contribution < 1.29 is 5.11 Å². The van der Waals surface area contributed by atoms with Crippen LogP contribution in [0.4, 0.5) is 0 Å². The molecule has 0 saturated carbocycles. The van der Waals surface area contributed by atoms with Crippen LogP contribution in [0.15, 0.2) is 115 Å². The number of hydrogen-bond acceptors (Lipinski definition) is 2. The standard InChI is InChI=1S/C30H31NO/c1-30(32,29-20-12-11-19-28(29)27-17-9-4-10-18-27)21-22-31(23-25-13-5-2-6-14-25)24-26-15-7-3-8-16-26/h2-20,32H,21-24H2,1H3. The van der Waals surface area contributed by atoms with E-state index in [1.807, 2.05) is 37.3 Å². The smallest absolute Gasteiger partial charge is 0.0886 e. The number of benzene rings is 4. The van der Waals surface area contributed by atoms with Gasteiger partial charge in [-0.25, -0.2) is 0 Å². The van der Waals surface area contributed by atoms with Gasteiger partial charge in [0, 0.05) is 19.6 Å². The van der Waals surface area contributed by atoms with E-state index < -0.39 is 5.60 Å². The Bertz CT molecular complexity index is 1050. The molecular weight excluding hydrogens is 390 g/mol. The first-order chi connectivity index (χ1) is 15.6. The van der Waals surface area contributed by atoms with Crippen LogP contribution < -0.4 is 0 Å². The second-order valence-corrected chi connectivity index (χ2v) is 8.62. The summed E-state index contributed by atoms with van der Waals surface area (Å²) in [5.41, 5.74) is 4.84. The lowest BCUT2D eigenvalue weighted by molar-refractivity contribution is 0.0343. The molecule has 0 bridgehead atoms. The Kier molecular flexibility index (Phi) is 7.16. The van der Waals surface area contributed by atoms with E-state index in [0.29, 0.717) is 6.42 Å². The van der Waals surface area contributed by atoms with Crippen molar-refractivity contribution in [2.75, 3.05) is 6.54 Å². The van der Waals surface area contributed by atoms with Gasteiger partial charge < -0.3 is 5.11 Å². The van der Waals surface area contributed by atoms with Crippen molar-refractivity contribution in [1.29, 1.82) is 0 Å². The maximum atomic E-state index is 11.6. The molecule has 1 N–H and O–H groups in total. The van der Waals surface area contributed by atoms with Crippen LogP contribution >= 0.6 is 0 Å². The number of hydrogen-bond donors (Lipinski definition) is 1. The molecule has 2 heteroatoms. The number of rotatable bonds is 9. The van der Waals surface area contributed by atoms with Crippen LogP contribution in [-0.2, 0) is 18.7 Å². The van der Waals surface area contributed by atoms with Crippen molar-refractivity contribution in [3.8, 4) is 11.1 Å². The average Bonchev–Trinajstić information content (AvgIpc) is 2.84. The van der Waals surface area contributed by atoms with Crippen LogP contribution in [0.2, 0.25) is 0 Å². The Balaban J connectivity index is 1.54. The second kappa shape index (κ2) is 10.4. The first-order valence-electron chi connectivity index (χ1n) is 11.3. The Morgan fingerprint density at radius 2 is 1.09 bits per heavy atom. The van der Waals surface area contributed by atoms with Crippen LogP contribution in [-0.4, -0.2) is 16.6 Å². The molecule has 1 unspecified atom stereocenters. The Morgan fingerprint density at radius 3 is 1.66 bits per heavy atom. The fraction of sp³-hybridized carbons (Fsp3) is 0.200. The maximum Gasteiger partial charge on any atom is 0.0886 e. The molecule has 2 nitrogen and oxygen atoms in total. The van der Waals surface area contributed by atoms with E-state index in [1.165, 1.54) is 11.1 Å². The zero-order valence-corrected chi connectivity index (χ0v) is 18.7. The van der Waals surface area contributed by atoms with Gasteiger partial charge in [-0.05, 0) is 41.2 Å². The third kappa shape index (κ3) is 5.73. The molecule has 0 fully saturated rings. The molecule has 4 aromatic rings. The summed E-state index contributed by atoms with van der Waals surface area (Å²) in [6.07, 6.45) is 0.649. The van der Waals surface area contributed by atoms with Gasteiger partial charge in [0.05, 0.1) is 5.60 Å². The summed E-state index contributed by atoms with van der Waals surface area (Å²) in [6, 6.07) is 39.6. The van der Waals surface area contributed by atoms with E-state index in [0.717, 1.165) is 36.3 Å². The quantitative estimate of drug-likeness (QED) is 0.327. The van der Waals surface area contributed by atoms with E-state index in [2.05, 4.69) is 89.8 Å². The first-order valence-corrected chi connectivity index (χ1v) is 11.3. The zero-order valence-electron chi connectivity index (χ0n) is 18.7.